The summed E-state index contributed by atoms with van der Waals surface area (Å²) in [7, 11) is 1.50. The maximum Gasteiger partial charge on any atom is 0.306 e. The van der Waals surface area contributed by atoms with Crippen LogP contribution in [0.25, 0.3) is 0 Å². The van der Waals surface area contributed by atoms with Crippen LogP contribution in [0.3, 0.4) is 0 Å². The highest BCUT2D eigenvalue weighted by molar-refractivity contribution is 5.94. The number of morpholine rings is 1. The van der Waals surface area contributed by atoms with Crippen molar-refractivity contribution in [2.45, 2.75) is 27.2 Å². The van der Waals surface area contributed by atoms with Crippen LogP contribution in [0.1, 0.15) is 27.2 Å². The molecule has 0 bridgehead atoms. The van der Waals surface area contributed by atoms with Gasteiger partial charge in [0.05, 0.1) is 26.2 Å². The molecule has 8 nitrogen and oxygen atoms in total. The van der Waals surface area contributed by atoms with E-state index in [1.54, 1.807) is 0 Å². The Labute approximate surface area is 172 Å². The van der Waals surface area contributed by atoms with Gasteiger partial charge in [-0.3, -0.25) is 14.4 Å². The zero-order valence-corrected chi connectivity index (χ0v) is 17.7. The summed E-state index contributed by atoms with van der Waals surface area (Å²) in [6.45, 7) is 8.38. The Morgan fingerprint density at radius 3 is 2.34 bits per heavy atom. The predicted octanol–water partition coefficient (Wildman–Crippen LogP) is 1.90. The van der Waals surface area contributed by atoms with E-state index in [1.165, 1.54) is 11.9 Å². The second-order valence-electron chi connectivity index (χ2n) is 8.34. The molecule has 1 aliphatic rings. The molecule has 0 radical (unpaired) electrons. The van der Waals surface area contributed by atoms with E-state index in [9.17, 15) is 14.4 Å². The normalized spacial score (nSPS) is 14.3. The number of anilines is 2. The monoisotopic (exact) mass is 405 g/mol. The van der Waals surface area contributed by atoms with E-state index in [4.69, 9.17) is 9.47 Å². The number of rotatable bonds is 7. The fraction of sp³-hybridized carbons (Fsp3) is 0.571. The number of carbonyl (C=O) groups is 3. The Balaban J connectivity index is 1.76. The second kappa shape index (κ2) is 10.2. The number of ether oxygens (including phenoxy) is 2. The molecule has 1 N–H and O–H groups in total. The Bertz CT molecular complexity index is 706. The number of nitrogens with one attached hydrogen (secondary N) is 1. The van der Waals surface area contributed by atoms with Gasteiger partial charge in [-0.2, -0.15) is 0 Å². The van der Waals surface area contributed by atoms with Crippen molar-refractivity contribution >= 4 is 29.2 Å². The molecule has 0 atom stereocenters. The van der Waals surface area contributed by atoms with E-state index in [-0.39, 0.29) is 30.9 Å². The fourth-order valence-electron chi connectivity index (χ4n) is 2.82. The number of hydrogen-bond acceptors (Lipinski definition) is 6. The SMILES string of the molecule is CN(CC(=O)Nc1ccc(N2CCOCC2)cc1)C(=O)COC(=O)CC(C)(C)C. The molecule has 1 heterocycles. The summed E-state index contributed by atoms with van der Waals surface area (Å²) in [6.07, 6.45) is 0.227. The van der Waals surface area contributed by atoms with E-state index in [1.807, 2.05) is 45.0 Å². The first kappa shape index (κ1) is 22.7. The van der Waals surface area contributed by atoms with Gasteiger partial charge in [0.2, 0.25) is 5.91 Å². The van der Waals surface area contributed by atoms with Gasteiger partial charge in [0.15, 0.2) is 6.61 Å². The lowest BCUT2D eigenvalue weighted by Gasteiger charge is -2.28. The fourth-order valence-corrected chi connectivity index (χ4v) is 2.82. The molecule has 0 unspecified atom stereocenters. The van der Waals surface area contributed by atoms with Crippen LogP contribution in [0.2, 0.25) is 0 Å². The van der Waals surface area contributed by atoms with Crippen molar-refractivity contribution in [3.05, 3.63) is 24.3 Å². The summed E-state index contributed by atoms with van der Waals surface area (Å²) in [4.78, 5) is 39.4. The zero-order chi connectivity index (χ0) is 21.4. The molecule has 1 aliphatic heterocycles. The van der Waals surface area contributed by atoms with Crippen LogP contribution in [0, 0.1) is 5.41 Å². The largest absolute Gasteiger partial charge is 0.456 e. The van der Waals surface area contributed by atoms with Crippen LogP contribution in [0.4, 0.5) is 11.4 Å². The molecule has 1 aromatic rings. The average Bonchev–Trinajstić information content (AvgIpc) is 2.66. The number of likely N-dealkylation sites (N-methyl/N-ethyl adjacent to an activating group) is 1. The number of benzene rings is 1. The van der Waals surface area contributed by atoms with Crippen LogP contribution < -0.4 is 10.2 Å². The van der Waals surface area contributed by atoms with Crippen molar-refractivity contribution in [3.63, 3.8) is 0 Å². The van der Waals surface area contributed by atoms with Crippen molar-refractivity contribution in [1.82, 2.24) is 4.90 Å². The van der Waals surface area contributed by atoms with E-state index in [0.717, 1.165) is 18.8 Å². The Morgan fingerprint density at radius 2 is 1.76 bits per heavy atom. The first-order chi connectivity index (χ1) is 13.6. The Kier molecular flexibility index (Phi) is 8.01. The molecular weight excluding hydrogens is 374 g/mol. The first-order valence-electron chi connectivity index (χ1n) is 9.76. The lowest BCUT2D eigenvalue weighted by atomic mass is 9.92. The topological polar surface area (TPSA) is 88.2 Å². The summed E-state index contributed by atoms with van der Waals surface area (Å²) in [5.41, 5.74) is 1.53. The van der Waals surface area contributed by atoms with Crippen molar-refractivity contribution < 1.29 is 23.9 Å². The third-order valence-electron chi connectivity index (χ3n) is 4.37. The Hall–Kier alpha value is -2.61. The van der Waals surface area contributed by atoms with Crippen molar-refractivity contribution in [3.8, 4) is 0 Å². The maximum atomic E-state index is 12.2. The van der Waals surface area contributed by atoms with Crippen molar-refractivity contribution in [1.29, 1.82) is 0 Å². The number of carbonyl (C=O) groups excluding carboxylic acids is 3. The van der Waals surface area contributed by atoms with Crippen molar-refractivity contribution in [2.75, 3.05) is 56.7 Å². The standard InChI is InChI=1S/C21H31N3O5/c1-21(2,3)13-20(27)29-15-19(26)23(4)14-18(25)22-16-5-7-17(8-6-16)24-9-11-28-12-10-24/h5-8H,9-15H2,1-4H3,(H,22,25). The van der Waals surface area contributed by atoms with Gasteiger partial charge in [-0.15, -0.1) is 0 Å². The minimum absolute atomic E-state index is 0.124. The minimum atomic E-state index is -0.427. The van der Waals surface area contributed by atoms with Gasteiger partial charge < -0.3 is 24.6 Å². The van der Waals surface area contributed by atoms with Crippen LogP contribution >= 0.6 is 0 Å². The summed E-state index contributed by atoms with van der Waals surface area (Å²) < 4.78 is 10.3. The lowest BCUT2D eigenvalue weighted by Crippen LogP contribution is -2.37. The molecule has 160 valence electrons. The molecule has 1 aromatic carbocycles. The molecule has 0 saturated carbocycles. The average molecular weight is 405 g/mol. The molecule has 2 rings (SSSR count). The van der Waals surface area contributed by atoms with Crippen LogP contribution in [-0.2, 0) is 23.9 Å². The second-order valence-corrected chi connectivity index (χ2v) is 8.34. The van der Waals surface area contributed by atoms with Gasteiger partial charge in [0.25, 0.3) is 5.91 Å². The van der Waals surface area contributed by atoms with E-state index in [2.05, 4.69) is 10.2 Å². The number of amides is 2. The van der Waals surface area contributed by atoms with Gasteiger partial charge in [-0.1, -0.05) is 20.8 Å². The third-order valence-corrected chi connectivity index (χ3v) is 4.37. The van der Waals surface area contributed by atoms with Gasteiger partial charge in [0.1, 0.15) is 0 Å². The summed E-state index contributed by atoms with van der Waals surface area (Å²) >= 11 is 0. The van der Waals surface area contributed by atoms with Crippen LogP contribution in [-0.4, -0.2) is 69.2 Å². The highest BCUT2D eigenvalue weighted by Crippen LogP contribution is 2.19. The minimum Gasteiger partial charge on any atom is -0.456 e. The van der Waals surface area contributed by atoms with Gasteiger partial charge >= 0.3 is 5.97 Å². The van der Waals surface area contributed by atoms with Crippen LogP contribution in [0.5, 0.6) is 0 Å². The molecule has 8 heteroatoms. The van der Waals surface area contributed by atoms with Crippen LogP contribution in [0.15, 0.2) is 24.3 Å². The van der Waals surface area contributed by atoms with Gasteiger partial charge in [-0.25, -0.2) is 0 Å². The number of esters is 1. The molecule has 1 saturated heterocycles. The quantitative estimate of drug-likeness (QED) is 0.697. The molecule has 0 spiro atoms. The number of nitrogens with zero attached hydrogens (tertiary/aromatic N) is 2. The van der Waals surface area contributed by atoms with E-state index < -0.39 is 11.9 Å². The molecule has 2 amide bonds. The maximum absolute atomic E-state index is 12.2. The number of hydrogen-bond donors (Lipinski definition) is 1. The summed E-state index contributed by atoms with van der Waals surface area (Å²) in [5.74, 6) is -1.17. The predicted molar refractivity (Wildman–Crippen MR) is 111 cm³/mol. The summed E-state index contributed by atoms with van der Waals surface area (Å²) in [5, 5.41) is 2.77. The zero-order valence-electron chi connectivity index (χ0n) is 17.7. The molecule has 0 aliphatic carbocycles. The van der Waals surface area contributed by atoms with Gasteiger partial charge in [-0.05, 0) is 29.7 Å². The third kappa shape index (κ3) is 8.11. The van der Waals surface area contributed by atoms with E-state index in [0.29, 0.717) is 18.9 Å². The highest BCUT2D eigenvalue weighted by Gasteiger charge is 2.20. The smallest absolute Gasteiger partial charge is 0.306 e. The molecule has 0 aromatic heterocycles. The molecular formula is C21H31N3O5. The highest BCUT2D eigenvalue weighted by atomic mass is 16.5. The lowest BCUT2D eigenvalue weighted by molar-refractivity contribution is -0.153. The molecule has 1 fully saturated rings. The summed E-state index contributed by atoms with van der Waals surface area (Å²) in [6, 6.07) is 7.56. The first-order valence-corrected chi connectivity index (χ1v) is 9.76. The van der Waals surface area contributed by atoms with E-state index >= 15 is 0 Å². The van der Waals surface area contributed by atoms with Gasteiger partial charge in [0, 0.05) is 31.5 Å². The van der Waals surface area contributed by atoms with Crippen molar-refractivity contribution in [2.24, 2.45) is 5.41 Å². The Morgan fingerprint density at radius 1 is 1.14 bits per heavy atom. The molecule has 29 heavy (non-hydrogen) atoms.